The van der Waals surface area contributed by atoms with Crippen LogP contribution in [-0.2, 0) is 6.54 Å². The fourth-order valence-corrected chi connectivity index (χ4v) is 4.01. The van der Waals surface area contributed by atoms with Gasteiger partial charge in [-0.15, -0.1) is 0 Å². The summed E-state index contributed by atoms with van der Waals surface area (Å²) in [5.74, 6) is 0. The monoisotopic (exact) mass is 292 g/mol. The van der Waals surface area contributed by atoms with E-state index in [4.69, 9.17) is 11.6 Å². The lowest BCUT2D eigenvalue weighted by atomic mass is 9.96. The quantitative estimate of drug-likeness (QED) is 0.891. The average Bonchev–Trinajstić information content (AvgIpc) is 2.80. The summed E-state index contributed by atoms with van der Waals surface area (Å²) in [4.78, 5) is 2.65. The van der Waals surface area contributed by atoms with Crippen LogP contribution in [0.4, 0.5) is 0 Å². The SMILES string of the molecule is CC1CCNC2(CCCC2)CN1Cc1cccc(Cl)c1. The first-order valence-corrected chi connectivity index (χ1v) is 8.28. The summed E-state index contributed by atoms with van der Waals surface area (Å²) < 4.78 is 0. The Morgan fingerprint density at radius 1 is 1.35 bits per heavy atom. The highest BCUT2D eigenvalue weighted by Gasteiger charge is 2.37. The van der Waals surface area contributed by atoms with Crippen molar-refractivity contribution in [2.75, 3.05) is 13.1 Å². The molecule has 0 amide bonds. The third kappa shape index (κ3) is 3.19. The number of nitrogens with one attached hydrogen (secondary N) is 1. The van der Waals surface area contributed by atoms with Crippen LogP contribution in [-0.4, -0.2) is 29.6 Å². The lowest BCUT2D eigenvalue weighted by molar-refractivity contribution is 0.160. The fraction of sp³-hybridized carbons (Fsp3) is 0.647. The van der Waals surface area contributed by atoms with Gasteiger partial charge in [-0.1, -0.05) is 36.6 Å². The summed E-state index contributed by atoms with van der Waals surface area (Å²) in [6.45, 7) is 5.72. The largest absolute Gasteiger partial charge is 0.310 e. The van der Waals surface area contributed by atoms with Crippen LogP contribution in [0, 0.1) is 0 Å². The Hall–Kier alpha value is -0.570. The molecule has 1 saturated heterocycles. The topological polar surface area (TPSA) is 15.3 Å². The summed E-state index contributed by atoms with van der Waals surface area (Å²) >= 11 is 6.12. The minimum Gasteiger partial charge on any atom is -0.310 e. The molecule has 2 nitrogen and oxygen atoms in total. The molecule has 3 rings (SSSR count). The number of hydrogen-bond acceptors (Lipinski definition) is 2. The van der Waals surface area contributed by atoms with Crippen molar-refractivity contribution in [3.8, 4) is 0 Å². The molecule has 0 radical (unpaired) electrons. The highest BCUT2D eigenvalue weighted by atomic mass is 35.5. The highest BCUT2D eigenvalue weighted by Crippen LogP contribution is 2.33. The predicted molar refractivity (Wildman–Crippen MR) is 85.1 cm³/mol. The van der Waals surface area contributed by atoms with Crippen LogP contribution in [0.25, 0.3) is 0 Å². The molecule has 1 aromatic rings. The van der Waals surface area contributed by atoms with Crippen molar-refractivity contribution in [3.63, 3.8) is 0 Å². The lowest BCUT2D eigenvalue weighted by Gasteiger charge is -2.35. The molecular weight excluding hydrogens is 268 g/mol. The van der Waals surface area contributed by atoms with E-state index in [9.17, 15) is 0 Å². The molecule has 1 heterocycles. The molecule has 1 unspecified atom stereocenters. The molecule has 1 aliphatic carbocycles. The first-order chi connectivity index (χ1) is 9.67. The predicted octanol–water partition coefficient (Wildman–Crippen LogP) is 3.84. The summed E-state index contributed by atoms with van der Waals surface area (Å²) in [5.41, 5.74) is 1.71. The van der Waals surface area contributed by atoms with Crippen LogP contribution in [0.2, 0.25) is 5.02 Å². The number of halogens is 1. The summed E-state index contributed by atoms with van der Waals surface area (Å²) in [5, 5.41) is 4.69. The van der Waals surface area contributed by atoms with Crippen molar-refractivity contribution in [2.45, 2.75) is 57.2 Å². The van der Waals surface area contributed by atoms with Crippen molar-refractivity contribution in [1.82, 2.24) is 10.2 Å². The first-order valence-electron chi connectivity index (χ1n) is 7.90. The van der Waals surface area contributed by atoms with Gasteiger partial charge in [-0.25, -0.2) is 0 Å². The van der Waals surface area contributed by atoms with E-state index in [-0.39, 0.29) is 0 Å². The van der Waals surface area contributed by atoms with E-state index in [2.05, 4.69) is 35.3 Å². The van der Waals surface area contributed by atoms with Crippen LogP contribution in [0.1, 0.15) is 44.6 Å². The van der Waals surface area contributed by atoms with Gasteiger partial charge in [0.05, 0.1) is 0 Å². The van der Waals surface area contributed by atoms with Gasteiger partial charge >= 0.3 is 0 Å². The number of hydrogen-bond donors (Lipinski definition) is 1. The minimum atomic E-state index is 0.378. The van der Waals surface area contributed by atoms with Crippen LogP contribution >= 0.6 is 11.6 Å². The Labute approximate surface area is 127 Å². The maximum Gasteiger partial charge on any atom is 0.0409 e. The number of benzene rings is 1. The second kappa shape index (κ2) is 6.05. The van der Waals surface area contributed by atoms with Gasteiger partial charge in [0.15, 0.2) is 0 Å². The molecule has 1 N–H and O–H groups in total. The molecule has 2 aliphatic rings. The Balaban J connectivity index is 1.75. The molecule has 0 aromatic heterocycles. The van der Waals surface area contributed by atoms with Gasteiger partial charge in [-0.05, 0) is 50.4 Å². The van der Waals surface area contributed by atoms with E-state index in [1.54, 1.807) is 0 Å². The van der Waals surface area contributed by atoms with E-state index >= 15 is 0 Å². The van der Waals surface area contributed by atoms with Crippen molar-refractivity contribution >= 4 is 11.6 Å². The zero-order chi connectivity index (χ0) is 14.0. The summed E-state index contributed by atoms with van der Waals surface area (Å²) in [6, 6.07) is 8.95. The molecule has 3 heteroatoms. The van der Waals surface area contributed by atoms with Crippen LogP contribution in [0.3, 0.4) is 0 Å². The van der Waals surface area contributed by atoms with Crippen LogP contribution < -0.4 is 5.32 Å². The van der Waals surface area contributed by atoms with Crippen molar-refractivity contribution in [1.29, 1.82) is 0 Å². The maximum absolute atomic E-state index is 6.12. The third-order valence-corrected chi connectivity index (χ3v) is 5.26. The average molecular weight is 293 g/mol. The van der Waals surface area contributed by atoms with Gasteiger partial charge < -0.3 is 5.32 Å². The zero-order valence-electron chi connectivity index (χ0n) is 12.4. The molecule has 1 aromatic carbocycles. The molecule has 1 spiro atoms. The van der Waals surface area contributed by atoms with Crippen molar-refractivity contribution in [2.24, 2.45) is 0 Å². The van der Waals surface area contributed by atoms with Gasteiger partial charge in [0.1, 0.15) is 0 Å². The molecule has 0 bridgehead atoms. The van der Waals surface area contributed by atoms with Crippen LogP contribution in [0.15, 0.2) is 24.3 Å². The van der Waals surface area contributed by atoms with E-state index in [0.717, 1.165) is 18.1 Å². The molecule has 1 saturated carbocycles. The highest BCUT2D eigenvalue weighted by molar-refractivity contribution is 6.30. The number of nitrogens with zero attached hydrogens (tertiary/aromatic N) is 1. The Bertz CT molecular complexity index is 454. The van der Waals surface area contributed by atoms with E-state index < -0.39 is 0 Å². The van der Waals surface area contributed by atoms with Gasteiger partial charge in [0.2, 0.25) is 0 Å². The normalized spacial score (nSPS) is 26.8. The molecular formula is C17H25ClN2. The van der Waals surface area contributed by atoms with Gasteiger partial charge in [0.25, 0.3) is 0 Å². The number of rotatable bonds is 2. The van der Waals surface area contributed by atoms with Gasteiger partial charge in [-0.2, -0.15) is 0 Å². The minimum absolute atomic E-state index is 0.378. The Kier molecular flexibility index (Phi) is 4.34. The summed E-state index contributed by atoms with van der Waals surface area (Å²) in [6.07, 6.45) is 6.68. The Morgan fingerprint density at radius 2 is 2.15 bits per heavy atom. The van der Waals surface area contributed by atoms with Crippen molar-refractivity contribution in [3.05, 3.63) is 34.9 Å². The third-order valence-electron chi connectivity index (χ3n) is 5.03. The lowest BCUT2D eigenvalue weighted by Crippen LogP contribution is -2.49. The standard InChI is InChI=1S/C17H25ClN2/c1-14-7-10-19-17(8-2-3-9-17)13-20(14)12-15-5-4-6-16(18)11-15/h4-6,11,14,19H,2-3,7-10,12-13H2,1H3. The van der Waals surface area contributed by atoms with Gasteiger partial charge in [0, 0.05) is 29.7 Å². The smallest absolute Gasteiger partial charge is 0.0409 e. The van der Waals surface area contributed by atoms with E-state index in [0.29, 0.717) is 11.6 Å². The molecule has 2 fully saturated rings. The molecule has 110 valence electrons. The molecule has 1 aliphatic heterocycles. The fourth-order valence-electron chi connectivity index (χ4n) is 3.80. The second-order valence-electron chi connectivity index (χ2n) is 6.59. The van der Waals surface area contributed by atoms with Crippen molar-refractivity contribution < 1.29 is 0 Å². The summed E-state index contributed by atoms with van der Waals surface area (Å²) in [7, 11) is 0. The second-order valence-corrected chi connectivity index (χ2v) is 7.02. The molecule has 1 atom stereocenters. The van der Waals surface area contributed by atoms with E-state index in [1.807, 2.05) is 6.07 Å². The van der Waals surface area contributed by atoms with Gasteiger partial charge in [-0.3, -0.25) is 4.90 Å². The molecule has 20 heavy (non-hydrogen) atoms. The Morgan fingerprint density at radius 3 is 2.90 bits per heavy atom. The zero-order valence-corrected chi connectivity index (χ0v) is 13.1. The van der Waals surface area contributed by atoms with Crippen LogP contribution in [0.5, 0.6) is 0 Å². The maximum atomic E-state index is 6.12. The van der Waals surface area contributed by atoms with E-state index in [1.165, 1.54) is 44.2 Å². The first kappa shape index (κ1) is 14.4.